The van der Waals surface area contributed by atoms with Crippen LogP contribution in [0.5, 0.6) is 5.75 Å². The maximum Gasteiger partial charge on any atom is 0.120 e. The van der Waals surface area contributed by atoms with E-state index < -0.39 is 0 Å². The highest BCUT2D eigenvalue weighted by Crippen LogP contribution is 2.26. The topological polar surface area (TPSA) is 44.0 Å². The van der Waals surface area contributed by atoms with Crippen molar-refractivity contribution in [3.05, 3.63) is 59.2 Å². The first-order valence-corrected chi connectivity index (χ1v) is 6.81. The van der Waals surface area contributed by atoms with Crippen molar-refractivity contribution in [1.29, 1.82) is 5.26 Å². The first-order valence-electron chi connectivity index (χ1n) is 5.58. The van der Waals surface area contributed by atoms with E-state index in [2.05, 4.69) is 12.1 Å². The summed E-state index contributed by atoms with van der Waals surface area (Å²) < 4.78 is 0. The number of nitrogens with zero attached hydrogens (tertiary/aromatic N) is 1. The summed E-state index contributed by atoms with van der Waals surface area (Å²) >= 11 is 1.69. The molecule has 3 heteroatoms. The molecule has 0 unspecified atom stereocenters. The molecule has 0 aliphatic carbocycles. The third-order valence-corrected chi connectivity index (χ3v) is 3.63. The summed E-state index contributed by atoms with van der Waals surface area (Å²) in [4.78, 5) is 1.21. The van der Waals surface area contributed by atoms with Crippen LogP contribution in [0.1, 0.15) is 16.7 Å². The van der Waals surface area contributed by atoms with E-state index in [1.807, 2.05) is 30.5 Å². The molecule has 0 fully saturated rings. The van der Waals surface area contributed by atoms with Gasteiger partial charge in [-0.25, -0.2) is 0 Å². The zero-order valence-electron chi connectivity index (χ0n) is 10.1. The summed E-state index contributed by atoms with van der Waals surface area (Å²) in [6.07, 6.45) is 2.71. The van der Waals surface area contributed by atoms with Crippen LogP contribution in [0.2, 0.25) is 0 Å². The second kappa shape index (κ2) is 5.61. The Kier molecular flexibility index (Phi) is 3.91. The molecule has 0 aliphatic rings. The summed E-state index contributed by atoms with van der Waals surface area (Å²) in [5.74, 6) is 0.185. The molecule has 2 aromatic carbocycles. The Balaban J connectivity index is 2.32. The van der Waals surface area contributed by atoms with Gasteiger partial charge in [0, 0.05) is 11.3 Å². The van der Waals surface area contributed by atoms with Gasteiger partial charge in [-0.15, -0.1) is 11.8 Å². The van der Waals surface area contributed by atoms with Gasteiger partial charge in [0.15, 0.2) is 0 Å². The minimum Gasteiger partial charge on any atom is -0.508 e. The predicted octanol–water partition coefficient (Wildman–Crippen LogP) is 3.58. The van der Waals surface area contributed by atoms with Gasteiger partial charge < -0.3 is 5.11 Å². The lowest BCUT2D eigenvalue weighted by Gasteiger charge is -2.08. The molecule has 2 nitrogen and oxygen atoms in total. The van der Waals surface area contributed by atoms with Crippen molar-refractivity contribution < 1.29 is 5.11 Å². The summed E-state index contributed by atoms with van der Waals surface area (Å²) in [5, 5.41) is 18.6. The Bertz CT molecular complexity index is 602. The fourth-order valence-electron chi connectivity index (χ4n) is 1.84. The number of phenolic OH excluding ortho intramolecular Hbond substituents is 1. The smallest absolute Gasteiger partial charge is 0.120 e. The van der Waals surface area contributed by atoms with Gasteiger partial charge in [-0.3, -0.25) is 0 Å². The Hall–Kier alpha value is -1.92. The lowest BCUT2D eigenvalue weighted by molar-refractivity contribution is 0.469. The Morgan fingerprint density at radius 1 is 1.17 bits per heavy atom. The highest BCUT2D eigenvalue weighted by Gasteiger charge is 2.06. The number of hydrogen-bond donors (Lipinski definition) is 1. The fraction of sp³-hybridized carbons (Fsp3) is 0.133. The van der Waals surface area contributed by atoms with E-state index in [1.54, 1.807) is 17.8 Å². The van der Waals surface area contributed by atoms with Crippen LogP contribution in [0.25, 0.3) is 0 Å². The number of rotatable bonds is 3. The molecule has 0 radical (unpaired) electrons. The number of nitriles is 1. The third kappa shape index (κ3) is 2.66. The van der Waals surface area contributed by atoms with E-state index in [0.717, 1.165) is 5.56 Å². The number of aromatic hydroxyl groups is 1. The lowest BCUT2D eigenvalue weighted by Crippen LogP contribution is -1.92. The van der Waals surface area contributed by atoms with Crippen molar-refractivity contribution in [2.24, 2.45) is 0 Å². The minimum absolute atomic E-state index is 0.185. The van der Waals surface area contributed by atoms with Crippen molar-refractivity contribution in [3.8, 4) is 11.8 Å². The third-order valence-electron chi connectivity index (χ3n) is 2.79. The van der Waals surface area contributed by atoms with E-state index in [9.17, 15) is 5.11 Å². The Morgan fingerprint density at radius 2 is 1.94 bits per heavy atom. The number of thioether (sulfide) groups is 1. The van der Waals surface area contributed by atoms with Gasteiger partial charge in [-0.2, -0.15) is 5.26 Å². The molecule has 0 bridgehead atoms. The first-order chi connectivity index (χ1) is 8.74. The molecule has 0 amide bonds. The van der Waals surface area contributed by atoms with E-state index >= 15 is 0 Å². The van der Waals surface area contributed by atoms with Crippen LogP contribution in [0, 0.1) is 11.3 Å². The fourth-order valence-corrected chi connectivity index (χ4v) is 2.45. The van der Waals surface area contributed by atoms with Crippen molar-refractivity contribution in [1.82, 2.24) is 0 Å². The van der Waals surface area contributed by atoms with Crippen LogP contribution in [0.15, 0.2) is 47.4 Å². The molecule has 0 saturated heterocycles. The second-order valence-corrected chi connectivity index (χ2v) is 4.79. The van der Waals surface area contributed by atoms with Gasteiger partial charge >= 0.3 is 0 Å². The molecule has 90 valence electrons. The molecule has 1 N–H and O–H groups in total. The van der Waals surface area contributed by atoms with Gasteiger partial charge in [-0.1, -0.05) is 24.3 Å². The molecule has 0 heterocycles. The lowest BCUT2D eigenvalue weighted by atomic mass is 10.0. The molecule has 0 aromatic heterocycles. The standard InChI is InChI=1S/C15H13NOS/c1-18-15-5-3-2-4-13(15)9-12-7-6-11(10-16)8-14(12)17/h2-8,17H,9H2,1H3. The van der Waals surface area contributed by atoms with E-state index in [0.29, 0.717) is 12.0 Å². The maximum atomic E-state index is 9.89. The number of hydrogen-bond acceptors (Lipinski definition) is 3. The van der Waals surface area contributed by atoms with Gasteiger partial charge in [0.2, 0.25) is 0 Å². The maximum absolute atomic E-state index is 9.89. The monoisotopic (exact) mass is 255 g/mol. The molecule has 0 saturated carbocycles. The second-order valence-electron chi connectivity index (χ2n) is 3.94. The average Bonchev–Trinajstić information content (AvgIpc) is 2.41. The van der Waals surface area contributed by atoms with Gasteiger partial charge in [0.1, 0.15) is 5.75 Å². The normalized spacial score (nSPS) is 10.0. The highest BCUT2D eigenvalue weighted by atomic mass is 32.2. The van der Waals surface area contributed by atoms with Crippen molar-refractivity contribution in [2.45, 2.75) is 11.3 Å². The van der Waals surface area contributed by atoms with Crippen LogP contribution in [-0.2, 0) is 6.42 Å². The molecular formula is C15H13NOS. The van der Waals surface area contributed by atoms with Crippen LogP contribution in [-0.4, -0.2) is 11.4 Å². The molecule has 2 rings (SSSR count). The summed E-state index contributed by atoms with van der Waals surface area (Å²) in [6, 6.07) is 15.2. The zero-order valence-corrected chi connectivity index (χ0v) is 10.9. The quantitative estimate of drug-likeness (QED) is 0.853. The van der Waals surface area contributed by atoms with Crippen LogP contribution in [0.4, 0.5) is 0 Å². The summed E-state index contributed by atoms with van der Waals surface area (Å²) in [6.45, 7) is 0. The van der Waals surface area contributed by atoms with Crippen molar-refractivity contribution >= 4 is 11.8 Å². The van der Waals surface area contributed by atoms with Crippen LogP contribution in [0.3, 0.4) is 0 Å². The van der Waals surface area contributed by atoms with Gasteiger partial charge in [-0.05, 0) is 35.6 Å². The first kappa shape index (κ1) is 12.5. The minimum atomic E-state index is 0.185. The molecule has 0 aliphatic heterocycles. The Morgan fingerprint density at radius 3 is 2.61 bits per heavy atom. The van der Waals surface area contributed by atoms with Gasteiger partial charge in [0.25, 0.3) is 0 Å². The van der Waals surface area contributed by atoms with E-state index in [1.165, 1.54) is 16.5 Å². The van der Waals surface area contributed by atoms with Crippen LogP contribution < -0.4 is 0 Å². The molecular weight excluding hydrogens is 242 g/mol. The molecule has 0 spiro atoms. The summed E-state index contributed by atoms with van der Waals surface area (Å²) in [5.41, 5.74) is 2.51. The van der Waals surface area contributed by atoms with Crippen molar-refractivity contribution in [2.75, 3.05) is 6.26 Å². The molecule has 2 aromatic rings. The van der Waals surface area contributed by atoms with Crippen LogP contribution >= 0.6 is 11.8 Å². The average molecular weight is 255 g/mol. The SMILES string of the molecule is CSc1ccccc1Cc1ccc(C#N)cc1O. The Labute approximate surface area is 111 Å². The number of benzene rings is 2. The van der Waals surface area contributed by atoms with E-state index in [4.69, 9.17) is 5.26 Å². The van der Waals surface area contributed by atoms with Crippen molar-refractivity contribution in [3.63, 3.8) is 0 Å². The summed E-state index contributed by atoms with van der Waals surface area (Å²) in [7, 11) is 0. The number of phenols is 1. The van der Waals surface area contributed by atoms with Gasteiger partial charge in [0.05, 0.1) is 11.6 Å². The molecule has 0 atom stereocenters. The zero-order chi connectivity index (χ0) is 13.0. The van der Waals surface area contributed by atoms with E-state index in [-0.39, 0.29) is 5.75 Å². The molecule has 18 heavy (non-hydrogen) atoms. The highest BCUT2D eigenvalue weighted by molar-refractivity contribution is 7.98. The largest absolute Gasteiger partial charge is 0.508 e. The predicted molar refractivity (Wildman–Crippen MR) is 73.9 cm³/mol.